The Balaban J connectivity index is 2.46. The molecule has 2 aromatic rings. The molecular formula is C10H7ClN2OS. The molecule has 2 heterocycles. The highest BCUT2D eigenvalue weighted by Crippen LogP contribution is 2.27. The Morgan fingerprint density at radius 3 is 2.87 bits per heavy atom. The smallest absolute Gasteiger partial charge is 0.264 e. The van der Waals surface area contributed by atoms with Crippen LogP contribution >= 0.6 is 22.9 Å². The Hall–Kier alpha value is -1.26. The molecule has 0 atom stereocenters. The van der Waals surface area contributed by atoms with E-state index < -0.39 is 5.24 Å². The second kappa shape index (κ2) is 4.08. The average molecular weight is 239 g/mol. The van der Waals surface area contributed by atoms with Crippen molar-refractivity contribution < 1.29 is 4.79 Å². The molecule has 0 saturated carbocycles. The van der Waals surface area contributed by atoms with Crippen molar-refractivity contribution in [2.45, 2.75) is 6.92 Å². The van der Waals surface area contributed by atoms with Gasteiger partial charge in [-0.15, -0.1) is 11.3 Å². The van der Waals surface area contributed by atoms with E-state index >= 15 is 0 Å². The summed E-state index contributed by atoms with van der Waals surface area (Å²) in [6, 6.07) is 1.90. The zero-order valence-corrected chi connectivity index (χ0v) is 9.47. The van der Waals surface area contributed by atoms with Crippen LogP contribution in [0.25, 0.3) is 10.6 Å². The number of hydrogen-bond donors (Lipinski definition) is 0. The van der Waals surface area contributed by atoms with Gasteiger partial charge in [0.05, 0.1) is 6.20 Å². The van der Waals surface area contributed by atoms with Crippen molar-refractivity contribution in [3.05, 3.63) is 35.1 Å². The standard InChI is InChI=1S/C10H7ClN2OS/c1-6-2-3-12-4-7(6)10-13-5-8(15-10)9(11)14/h2-5H,1H3. The molecule has 2 rings (SSSR count). The lowest BCUT2D eigenvalue weighted by Gasteiger charge is -1.98. The van der Waals surface area contributed by atoms with Crippen LogP contribution in [-0.4, -0.2) is 15.2 Å². The fourth-order valence-electron chi connectivity index (χ4n) is 1.18. The molecule has 76 valence electrons. The van der Waals surface area contributed by atoms with Gasteiger partial charge in [-0.3, -0.25) is 9.78 Å². The van der Waals surface area contributed by atoms with Crippen molar-refractivity contribution in [3.8, 4) is 10.6 Å². The lowest BCUT2D eigenvalue weighted by Crippen LogP contribution is -1.82. The van der Waals surface area contributed by atoms with Crippen LogP contribution in [0.15, 0.2) is 24.7 Å². The predicted molar refractivity (Wildman–Crippen MR) is 60.3 cm³/mol. The van der Waals surface area contributed by atoms with E-state index in [4.69, 9.17) is 11.6 Å². The molecule has 0 amide bonds. The predicted octanol–water partition coefficient (Wildman–Crippen LogP) is 2.89. The maximum atomic E-state index is 10.9. The molecule has 5 heteroatoms. The molecule has 15 heavy (non-hydrogen) atoms. The van der Waals surface area contributed by atoms with Crippen LogP contribution in [0.4, 0.5) is 0 Å². The largest absolute Gasteiger partial charge is 0.275 e. The summed E-state index contributed by atoms with van der Waals surface area (Å²) in [4.78, 5) is 19.5. The second-order valence-electron chi connectivity index (χ2n) is 2.99. The molecule has 0 aliphatic rings. The summed E-state index contributed by atoms with van der Waals surface area (Å²) in [5.41, 5.74) is 2.01. The highest BCUT2D eigenvalue weighted by atomic mass is 35.5. The van der Waals surface area contributed by atoms with Gasteiger partial charge < -0.3 is 0 Å². The first-order valence-electron chi connectivity index (χ1n) is 4.25. The molecule has 0 aliphatic heterocycles. The van der Waals surface area contributed by atoms with Crippen LogP contribution < -0.4 is 0 Å². The number of halogens is 1. The minimum atomic E-state index is -0.472. The van der Waals surface area contributed by atoms with Crippen molar-refractivity contribution in [1.82, 2.24) is 9.97 Å². The maximum absolute atomic E-state index is 10.9. The quantitative estimate of drug-likeness (QED) is 0.756. The van der Waals surface area contributed by atoms with E-state index in [1.54, 1.807) is 12.4 Å². The number of carbonyl (C=O) groups excluding carboxylic acids is 1. The highest BCUT2D eigenvalue weighted by molar-refractivity contribution is 7.18. The molecule has 3 nitrogen and oxygen atoms in total. The van der Waals surface area contributed by atoms with Crippen LogP contribution in [0, 0.1) is 6.92 Å². The molecule has 0 aromatic carbocycles. The van der Waals surface area contributed by atoms with Crippen molar-refractivity contribution in [3.63, 3.8) is 0 Å². The zero-order valence-electron chi connectivity index (χ0n) is 7.90. The highest BCUT2D eigenvalue weighted by Gasteiger charge is 2.10. The summed E-state index contributed by atoms with van der Waals surface area (Å²) in [5.74, 6) is 0. The number of nitrogens with zero attached hydrogens (tertiary/aromatic N) is 2. The average Bonchev–Trinajstić information content (AvgIpc) is 2.67. The fourth-order valence-corrected chi connectivity index (χ4v) is 2.16. The van der Waals surface area contributed by atoms with Crippen LogP contribution in [0.5, 0.6) is 0 Å². The van der Waals surface area contributed by atoms with Crippen LogP contribution in [-0.2, 0) is 0 Å². The zero-order chi connectivity index (χ0) is 10.8. The molecule has 0 fully saturated rings. The van der Waals surface area contributed by atoms with E-state index in [0.717, 1.165) is 16.1 Å². The molecule has 0 aliphatic carbocycles. The Kier molecular flexibility index (Phi) is 2.79. The molecule has 0 unspecified atom stereocenters. The monoisotopic (exact) mass is 238 g/mol. The molecule has 0 spiro atoms. The van der Waals surface area contributed by atoms with Crippen molar-refractivity contribution in [1.29, 1.82) is 0 Å². The van der Waals surface area contributed by atoms with Gasteiger partial charge >= 0.3 is 0 Å². The second-order valence-corrected chi connectivity index (χ2v) is 4.37. The lowest BCUT2D eigenvalue weighted by atomic mass is 10.2. The van der Waals surface area contributed by atoms with E-state index in [2.05, 4.69) is 9.97 Å². The van der Waals surface area contributed by atoms with Gasteiger partial charge in [0.15, 0.2) is 0 Å². The van der Waals surface area contributed by atoms with Gasteiger partial charge in [0.25, 0.3) is 5.24 Å². The van der Waals surface area contributed by atoms with Crippen molar-refractivity contribution >= 4 is 28.2 Å². The van der Waals surface area contributed by atoms with E-state index in [9.17, 15) is 4.79 Å². The Morgan fingerprint density at radius 2 is 2.27 bits per heavy atom. The van der Waals surface area contributed by atoms with Crippen molar-refractivity contribution in [2.24, 2.45) is 0 Å². The summed E-state index contributed by atoms with van der Waals surface area (Å²) >= 11 is 6.64. The normalized spacial score (nSPS) is 10.3. The van der Waals surface area contributed by atoms with E-state index in [0.29, 0.717) is 4.88 Å². The number of aryl methyl sites for hydroxylation is 1. The number of aromatic nitrogens is 2. The van der Waals surface area contributed by atoms with Crippen LogP contribution in [0.1, 0.15) is 15.2 Å². The number of pyridine rings is 1. The number of rotatable bonds is 2. The molecule has 0 N–H and O–H groups in total. The first-order chi connectivity index (χ1) is 7.18. The summed E-state index contributed by atoms with van der Waals surface area (Å²) in [6.45, 7) is 1.97. The Labute approximate surface area is 95.8 Å². The van der Waals surface area contributed by atoms with E-state index in [1.807, 2.05) is 13.0 Å². The van der Waals surface area contributed by atoms with E-state index in [1.165, 1.54) is 17.5 Å². The number of thiazole rings is 1. The molecular weight excluding hydrogens is 232 g/mol. The SMILES string of the molecule is Cc1ccncc1-c1ncc(C(=O)Cl)s1. The van der Waals surface area contributed by atoms with Gasteiger partial charge in [0.2, 0.25) is 0 Å². The van der Waals surface area contributed by atoms with Gasteiger partial charge in [-0.25, -0.2) is 4.98 Å². The first-order valence-corrected chi connectivity index (χ1v) is 5.44. The maximum Gasteiger partial charge on any atom is 0.264 e. The lowest BCUT2D eigenvalue weighted by molar-refractivity contribution is 0.108. The van der Waals surface area contributed by atoms with Gasteiger partial charge in [-0.05, 0) is 30.2 Å². The molecule has 0 saturated heterocycles. The summed E-state index contributed by atoms with van der Waals surface area (Å²) in [6.07, 6.45) is 4.94. The molecule has 2 aromatic heterocycles. The molecule has 0 radical (unpaired) electrons. The van der Waals surface area contributed by atoms with Crippen molar-refractivity contribution in [2.75, 3.05) is 0 Å². The Morgan fingerprint density at radius 1 is 1.47 bits per heavy atom. The third-order valence-corrected chi connectivity index (χ3v) is 3.31. The van der Waals surface area contributed by atoms with Crippen LogP contribution in [0.2, 0.25) is 0 Å². The number of carbonyl (C=O) groups is 1. The first kappa shape index (κ1) is 10.3. The third kappa shape index (κ3) is 2.06. The van der Waals surface area contributed by atoms with E-state index in [-0.39, 0.29) is 0 Å². The van der Waals surface area contributed by atoms with Gasteiger partial charge in [-0.1, -0.05) is 0 Å². The number of hydrogen-bond acceptors (Lipinski definition) is 4. The van der Waals surface area contributed by atoms with Gasteiger partial charge in [0.1, 0.15) is 9.88 Å². The Bertz CT molecular complexity index is 510. The van der Waals surface area contributed by atoms with Gasteiger partial charge in [0, 0.05) is 18.0 Å². The molecule has 0 bridgehead atoms. The summed E-state index contributed by atoms with van der Waals surface area (Å²) in [5, 5.41) is 0.296. The fraction of sp³-hybridized carbons (Fsp3) is 0.100. The summed E-state index contributed by atoms with van der Waals surface area (Å²) < 4.78 is 0. The minimum absolute atomic E-state index is 0.454. The van der Waals surface area contributed by atoms with Gasteiger partial charge in [-0.2, -0.15) is 0 Å². The third-order valence-electron chi connectivity index (χ3n) is 1.97. The minimum Gasteiger partial charge on any atom is -0.275 e. The van der Waals surface area contributed by atoms with Crippen LogP contribution in [0.3, 0.4) is 0 Å². The topological polar surface area (TPSA) is 42.9 Å². The summed E-state index contributed by atoms with van der Waals surface area (Å²) in [7, 11) is 0.